The summed E-state index contributed by atoms with van der Waals surface area (Å²) in [5, 5.41) is 11.5. The minimum atomic E-state index is -0.276. The summed E-state index contributed by atoms with van der Waals surface area (Å²) in [4.78, 5) is 24.6. The van der Waals surface area contributed by atoms with Gasteiger partial charge in [0.1, 0.15) is 0 Å². The van der Waals surface area contributed by atoms with E-state index in [0.29, 0.717) is 24.2 Å². The van der Waals surface area contributed by atoms with Gasteiger partial charge in [0, 0.05) is 19.0 Å². The lowest BCUT2D eigenvalue weighted by atomic mass is 10.1. The van der Waals surface area contributed by atoms with Crippen LogP contribution in [0.5, 0.6) is 0 Å². The third-order valence-corrected chi connectivity index (χ3v) is 4.58. The number of urea groups is 1. The van der Waals surface area contributed by atoms with E-state index in [-0.39, 0.29) is 24.2 Å². The number of nitrogens with zero attached hydrogens (tertiary/aromatic N) is 2. The van der Waals surface area contributed by atoms with E-state index in [2.05, 4.69) is 15.7 Å². The number of hydrogen-bond acceptors (Lipinski definition) is 4. The van der Waals surface area contributed by atoms with Crippen LogP contribution in [0.2, 0.25) is 0 Å². The van der Waals surface area contributed by atoms with Gasteiger partial charge in [0.05, 0.1) is 30.3 Å². The first-order valence-electron chi connectivity index (χ1n) is 8.72. The summed E-state index contributed by atoms with van der Waals surface area (Å²) in [5.74, 6) is 0. The lowest BCUT2D eigenvalue weighted by Gasteiger charge is -2.16. The van der Waals surface area contributed by atoms with Gasteiger partial charge in [-0.25, -0.2) is 9.48 Å². The molecule has 0 bridgehead atoms. The molecule has 2 N–H and O–H groups in total. The first-order valence-corrected chi connectivity index (χ1v) is 8.72. The zero-order valence-corrected chi connectivity index (χ0v) is 14.5. The van der Waals surface area contributed by atoms with Gasteiger partial charge in [0.2, 0.25) is 0 Å². The fourth-order valence-corrected chi connectivity index (χ4v) is 3.29. The number of aromatic nitrogens is 2. The first-order chi connectivity index (χ1) is 12.2. The predicted molar refractivity (Wildman–Crippen MR) is 95.6 cm³/mol. The molecule has 0 saturated heterocycles. The maximum Gasteiger partial charge on any atom is 0.315 e. The number of carbonyl (C=O) groups is 1. The average molecular weight is 344 g/mol. The summed E-state index contributed by atoms with van der Waals surface area (Å²) in [6.07, 6.45) is 4.22. The summed E-state index contributed by atoms with van der Waals surface area (Å²) in [7, 11) is 1.59. The van der Waals surface area contributed by atoms with Gasteiger partial charge in [-0.1, -0.05) is 31.0 Å². The minimum absolute atomic E-state index is 0.0456. The van der Waals surface area contributed by atoms with Crippen molar-refractivity contribution >= 4 is 16.8 Å². The van der Waals surface area contributed by atoms with Crippen molar-refractivity contribution in [2.24, 2.45) is 0 Å². The van der Waals surface area contributed by atoms with Gasteiger partial charge in [0.25, 0.3) is 5.56 Å². The van der Waals surface area contributed by atoms with Gasteiger partial charge in [-0.2, -0.15) is 5.10 Å². The molecule has 0 radical (unpaired) electrons. The highest BCUT2D eigenvalue weighted by Crippen LogP contribution is 2.28. The molecule has 1 aromatic carbocycles. The molecule has 7 heteroatoms. The Kier molecular flexibility index (Phi) is 5.65. The second-order valence-electron chi connectivity index (χ2n) is 6.28. The van der Waals surface area contributed by atoms with Crippen LogP contribution < -0.4 is 16.2 Å². The zero-order valence-electron chi connectivity index (χ0n) is 14.5. The van der Waals surface area contributed by atoms with Gasteiger partial charge < -0.3 is 15.4 Å². The van der Waals surface area contributed by atoms with Crippen LogP contribution in [0.3, 0.4) is 0 Å². The van der Waals surface area contributed by atoms with E-state index in [4.69, 9.17) is 4.74 Å². The van der Waals surface area contributed by atoms with E-state index in [1.165, 1.54) is 0 Å². The molecule has 2 aromatic rings. The number of rotatable bonds is 6. The van der Waals surface area contributed by atoms with Gasteiger partial charge in [-0.3, -0.25) is 4.79 Å². The van der Waals surface area contributed by atoms with Crippen molar-refractivity contribution in [1.29, 1.82) is 0 Å². The van der Waals surface area contributed by atoms with Crippen molar-refractivity contribution < 1.29 is 9.53 Å². The Hall–Kier alpha value is -2.41. The van der Waals surface area contributed by atoms with Crippen LogP contribution in [0.25, 0.3) is 10.8 Å². The predicted octanol–water partition coefficient (Wildman–Crippen LogP) is 1.96. The summed E-state index contributed by atoms with van der Waals surface area (Å²) < 4.78 is 6.53. The Labute approximate surface area is 146 Å². The van der Waals surface area contributed by atoms with Crippen LogP contribution in [0.1, 0.15) is 37.4 Å². The number of methoxy groups -OCH3 is 1. The SMILES string of the molecule is COCCNC(=O)NCc1nn(C2CCCC2)c(=O)c2ccccc12. The van der Waals surface area contributed by atoms with Crippen LogP contribution in [-0.4, -0.2) is 36.1 Å². The molecular formula is C18H24N4O3. The Morgan fingerprint density at radius 1 is 1.24 bits per heavy atom. The number of benzene rings is 1. The molecule has 1 heterocycles. The molecule has 1 fully saturated rings. The molecule has 2 amide bonds. The quantitative estimate of drug-likeness (QED) is 0.785. The van der Waals surface area contributed by atoms with Crippen molar-refractivity contribution in [3.63, 3.8) is 0 Å². The zero-order chi connectivity index (χ0) is 17.6. The Morgan fingerprint density at radius 2 is 1.96 bits per heavy atom. The number of fused-ring (bicyclic) bond motifs is 1. The normalized spacial score (nSPS) is 14.8. The summed E-state index contributed by atoms with van der Waals surface area (Å²) in [5.41, 5.74) is 0.666. The number of hydrogen-bond donors (Lipinski definition) is 2. The van der Waals surface area contributed by atoms with Crippen LogP contribution in [0.15, 0.2) is 29.1 Å². The highest BCUT2D eigenvalue weighted by Gasteiger charge is 2.21. The van der Waals surface area contributed by atoms with E-state index >= 15 is 0 Å². The Bertz CT molecular complexity index is 796. The van der Waals surface area contributed by atoms with E-state index in [1.807, 2.05) is 24.3 Å². The number of amides is 2. The first kappa shape index (κ1) is 17.4. The van der Waals surface area contributed by atoms with Crippen molar-refractivity contribution in [3.8, 4) is 0 Å². The summed E-state index contributed by atoms with van der Waals surface area (Å²) in [6.45, 7) is 1.17. The molecule has 0 aliphatic heterocycles. The molecule has 134 valence electrons. The smallest absolute Gasteiger partial charge is 0.315 e. The summed E-state index contributed by atoms with van der Waals surface area (Å²) >= 11 is 0. The van der Waals surface area contributed by atoms with Crippen LogP contribution in [-0.2, 0) is 11.3 Å². The maximum absolute atomic E-state index is 12.8. The molecule has 1 aliphatic rings. The topological polar surface area (TPSA) is 85.2 Å². The van der Waals surface area contributed by atoms with Crippen LogP contribution in [0, 0.1) is 0 Å². The fraction of sp³-hybridized carbons (Fsp3) is 0.500. The third-order valence-electron chi connectivity index (χ3n) is 4.58. The molecule has 0 atom stereocenters. The standard InChI is InChI=1S/C18H24N4O3/c1-25-11-10-19-18(24)20-12-16-14-8-4-5-9-15(14)17(23)22(21-16)13-6-2-3-7-13/h4-5,8-9,13H,2-3,6-7,10-12H2,1H3,(H2,19,20,24). The van der Waals surface area contributed by atoms with E-state index < -0.39 is 0 Å². The lowest BCUT2D eigenvalue weighted by Crippen LogP contribution is -2.37. The van der Waals surface area contributed by atoms with Crippen molar-refractivity contribution in [2.75, 3.05) is 20.3 Å². The molecule has 1 aromatic heterocycles. The van der Waals surface area contributed by atoms with Crippen LogP contribution >= 0.6 is 0 Å². The molecule has 7 nitrogen and oxygen atoms in total. The third kappa shape index (κ3) is 3.99. The highest BCUT2D eigenvalue weighted by molar-refractivity contribution is 5.84. The molecule has 0 spiro atoms. The van der Waals surface area contributed by atoms with Gasteiger partial charge >= 0.3 is 6.03 Å². The van der Waals surface area contributed by atoms with Gasteiger partial charge in [0.15, 0.2) is 0 Å². The van der Waals surface area contributed by atoms with Crippen molar-refractivity contribution in [1.82, 2.24) is 20.4 Å². The molecule has 3 rings (SSSR count). The highest BCUT2D eigenvalue weighted by atomic mass is 16.5. The van der Waals surface area contributed by atoms with Crippen LogP contribution in [0.4, 0.5) is 4.79 Å². The fourth-order valence-electron chi connectivity index (χ4n) is 3.29. The lowest BCUT2D eigenvalue weighted by molar-refractivity contribution is 0.195. The van der Waals surface area contributed by atoms with Crippen molar-refractivity contribution in [3.05, 3.63) is 40.3 Å². The number of ether oxygens (including phenoxy) is 1. The second-order valence-corrected chi connectivity index (χ2v) is 6.28. The number of nitrogens with one attached hydrogen (secondary N) is 2. The maximum atomic E-state index is 12.8. The van der Waals surface area contributed by atoms with E-state index in [0.717, 1.165) is 31.1 Å². The average Bonchev–Trinajstić information content (AvgIpc) is 3.16. The summed E-state index contributed by atoms with van der Waals surface area (Å²) in [6, 6.07) is 7.33. The molecule has 0 unspecified atom stereocenters. The Morgan fingerprint density at radius 3 is 2.68 bits per heavy atom. The largest absolute Gasteiger partial charge is 0.383 e. The molecule has 1 aliphatic carbocycles. The van der Waals surface area contributed by atoms with Crippen molar-refractivity contribution in [2.45, 2.75) is 38.3 Å². The minimum Gasteiger partial charge on any atom is -0.383 e. The molecular weight excluding hydrogens is 320 g/mol. The van der Waals surface area contributed by atoms with E-state index in [1.54, 1.807) is 11.8 Å². The monoisotopic (exact) mass is 344 g/mol. The van der Waals surface area contributed by atoms with E-state index in [9.17, 15) is 9.59 Å². The molecule has 25 heavy (non-hydrogen) atoms. The van der Waals surface area contributed by atoms with Gasteiger partial charge in [-0.05, 0) is 18.9 Å². The Balaban J connectivity index is 1.84. The molecule has 1 saturated carbocycles. The number of carbonyl (C=O) groups excluding carboxylic acids is 1. The van der Waals surface area contributed by atoms with Gasteiger partial charge in [-0.15, -0.1) is 0 Å². The second kappa shape index (κ2) is 8.11.